The highest BCUT2D eigenvalue weighted by atomic mass is 19.1. The van der Waals surface area contributed by atoms with Gasteiger partial charge in [0.15, 0.2) is 5.82 Å². The number of rotatable bonds is 3. The monoisotopic (exact) mass is 320 g/mol. The van der Waals surface area contributed by atoms with E-state index in [1.165, 1.54) is 12.1 Å². The molecule has 0 saturated carbocycles. The summed E-state index contributed by atoms with van der Waals surface area (Å²) in [6.45, 7) is 0. The molecule has 2 aromatic heterocycles. The fraction of sp³-hybridized carbons (Fsp3) is 0. The van der Waals surface area contributed by atoms with E-state index in [0.29, 0.717) is 16.9 Å². The molecular weight excluding hydrogens is 309 g/mol. The summed E-state index contributed by atoms with van der Waals surface area (Å²) in [5.41, 5.74) is 1.87. The Morgan fingerprint density at radius 2 is 1.83 bits per heavy atom. The van der Waals surface area contributed by atoms with Gasteiger partial charge in [0.05, 0.1) is 28.2 Å². The number of carboxylic acid groups (broad SMARTS) is 1. The normalized spacial score (nSPS) is 11.0. The molecule has 0 bridgehead atoms. The molecule has 118 valence electrons. The lowest BCUT2D eigenvalue weighted by Gasteiger charge is -2.13. The SMILES string of the molecule is O=C([O-])c1cccc2c1nc(Nc1ccccc1F)c1cccn12. The number of halogens is 1. The second-order valence-electron chi connectivity index (χ2n) is 5.29. The number of carboxylic acids is 1. The van der Waals surface area contributed by atoms with E-state index in [2.05, 4.69) is 10.3 Å². The summed E-state index contributed by atoms with van der Waals surface area (Å²) in [6.07, 6.45) is 1.80. The Morgan fingerprint density at radius 3 is 2.62 bits per heavy atom. The van der Waals surface area contributed by atoms with Crippen molar-refractivity contribution in [2.24, 2.45) is 0 Å². The molecule has 0 unspecified atom stereocenters. The van der Waals surface area contributed by atoms with Crippen LogP contribution in [0.5, 0.6) is 0 Å². The minimum Gasteiger partial charge on any atom is -0.545 e. The van der Waals surface area contributed by atoms with E-state index in [1.807, 2.05) is 12.1 Å². The summed E-state index contributed by atoms with van der Waals surface area (Å²) >= 11 is 0. The Hall–Kier alpha value is -3.41. The van der Waals surface area contributed by atoms with Crippen LogP contribution in [-0.4, -0.2) is 15.4 Å². The highest BCUT2D eigenvalue weighted by Crippen LogP contribution is 2.27. The number of aromatic carboxylic acids is 1. The quantitative estimate of drug-likeness (QED) is 0.630. The van der Waals surface area contributed by atoms with Crippen LogP contribution in [0, 0.1) is 5.82 Å². The number of para-hydroxylation sites is 2. The molecule has 6 heteroatoms. The van der Waals surface area contributed by atoms with Crippen molar-refractivity contribution in [1.82, 2.24) is 9.38 Å². The zero-order valence-electron chi connectivity index (χ0n) is 12.4. The fourth-order valence-corrected chi connectivity index (χ4v) is 2.74. The minimum atomic E-state index is -1.31. The van der Waals surface area contributed by atoms with E-state index in [0.717, 1.165) is 0 Å². The van der Waals surface area contributed by atoms with Crippen LogP contribution in [0.25, 0.3) is 16.6 Å². The van der Waals surface area contributed by atoms with Gasteiger partial charge in [-0.1, -0.05) is 24.3 Å². The van der Waals surface area contributed by atoms with Gasteiger partial charge in [0.2, 0.25) is 0 Å². The summed E-state index contributed by atoms with van der Waals surface area (Å²) < 4.78 is 15.7. The van der Waals surface area contributed by atoms with Gasteiger partial charge >= 0.3 is 0 Å². The van der Waals surface area contributed by atoms with Crippen molar-refractivity contribution in [3.8, 4) is 0 Å². The van der Waals surface area contributed by atoms with Crippen LogP contribution < -0.4 is 10.4 Å². The number of carbonyl (C=O) groups excluding carboxylic acids is 1. The van der Waals surface area contributed by atoms with Crippen molar-refractivity contribution in [1.29, 1.82) is 0 Å². The first-order chi connectivity index (χ1) is 11.6. The number of carbonyl (C=O) groups is 1. The van der Waals surface area contributed by atoms with Gasteiger partial charge in [-0.3, -0.25) is 0 Å². The van der Waals surface area contributed by atoms with Crippen molar-refractivity contribution in [3.63, 3.8) is 0 Å². The van der Waals surface area contributed by atoms with Crippen molar-refractivity contribution in [2.75, 3.05) is 5.32 Å². The molecule has 1 N–H and O–H groups in total. The molecule has 0 amide bonds. The smallest absolute Gasteiger partial charge is 0.155 e. The van der Waals surface area contributed by atoms with Crippen LogP contribution in [0.1, 0.15) is 10.4 Å². The molecule has 0 aliphatic heterocycles. The maximum absolute atomic E-state index is 13.9. The predicted molar refractivity (Wildman–Crippen MR) is 86.7 cm³/mol. The van der Waals surface area contributed by atoms with Gasteiger partial charge in [0, 0.05) is 11.8 Å². The Kier molecular flexibility index (Phi) is 3.16. The lowest BCUT2D eigenvalue weighted by Crippen LogP contribution is -2.23. The largest absolute Gasteiger partial charge is 0.545 e. The second kappa shape index (κ2) is 5.34. The Bertz CT molecular complexity index is 1090. The van der Waals surface area contributed by atoms with E-state index in [1.54, 1.807) is 40.9 Å². The van der Waals surface area contributed by atoms with Crippen molar-refractivity contribution >= 4 is 34.0 Å². The van der Waals surface area contributed by atoms with E-state index in [9.17, 15) is 14.3 Å². The maximum Gasteiger partial charge on any atom is 0.155 e. The summed E-state index contributed by atoms with van der Waals surface area (Å²) in [7, 11) is 0. The molecule has 4 rings (SSSR count). The molecule has 2 aromatic carbocycles. The van der Waals surface area contributed by atoms with Crippen LogP contribution in [0.3, 0.4) is 0 Å². The van der Waals surface area contributed by atoms with Crippen LogP contribution in [0.15, 0.2) is 60.8 Å². The van der Waals surface area contributed by atoms with Gasteiger partial charge in [0.25, 0.3) is 0 Å². The molecule has 24 heavy (non-hydrogen) atoms. The van der Waals surface area contributed by atoms with Crippen LogP contribution in [-0.2, 0) is 0 Å². The lowest BCUT2D eigenvalue weighted by molar-refractivity contribution is -0.254. The first-order valence-electron chi connectivity index (χ1n) is 7.28. The highest BCUT2D eigenvalue weighted by molar-refractivity contribution is 6.01. The molecule has 2 heterocycles. The highest BCUT2D eigenvalue weighted by Gasteiger charge is 2.12. The molecule has 0 radical (unpaired) electrons. The lowest BCUT2D eigenvalue weighted by atomic mass is 10.1. The first kappa shape index (κ1) is 14.2. The first-order valence-corrected chi connectivity index (χ1v) is 7.28. The van der Waals surface area contributed by atoms with E-state index >= 15 is 0 Å². The Labute approximate surface area is 136 Å². The van der Waals surface area contributed by atoms with Crippen molar-refractivity contribution < 1.29 is 14.3 Å². The Balaban J connectivity index is 2.00. The number of fused-ring (bicyclic) bond motifs is 3. The average molecular weight is 320 g/mol. The van der Waals surface area contributed by atoms with E-state index in [-0.39, 0.29) is 16.8 Å². The van der Waals surface area contributed by atoms with Gasteiger partial charge in [0.1, 0.15) is 5.82 Å². The summed E-state index contributed by atoms with van der Waals surface area (Å²) in [5.74, 6) is -1.36. The average Bonchev–Trinajstić information content (AvgIpc) is 3.06. The van der Waals surface area contributed by atoms with Crippen molar-refractivity contribution in [3.05, 3.63) is 72.2 Å². The van der Waals surface area contributed by atoms with Gasteiger partial charge in [-0.2, -0.15) is 0 Å². The molecule has 0 aliphatic carbocycles. The number of hydrogen-bond acceptors (Lipinski definition) is 4. The number of nitrogens with one attached hydrogen (secondary N) is 1. The standard InChI is InChI=1S/C18H12FN3O2/c19-12-6-1-2-7-13(12)20-17-15-9-4-10-22(15)14-8-3-5-11(18(23)24)16(14)21-17/h1-10H,(H,20,21)(H,23,24)/p-1. The number of aromatic nitrogens is 2. The van der Waals surface area contributed by atoms with Crippen molar-refractivity contribution in [2.45, 2.75) is 0 Å². The zero-order chi connectivity index (χ0) is 16.7. The molecule has 0 saturated heterocycles. The van der Waals surface area contributed by atoms with Crippen LogP contribution in [0.4, 0.5) is 15.9 Å². The minimum absolute atomic E-state index is 0.0142. The molecule has 0 fully saturated rings. The van der Waals surface area contributed by atoms with Crippen LogP contribution in [0.2, 0.25) is 0 Å². The second-order valence-corrected chi connectivity index (χ2v) is 5.29. The van der Waals surface area contributed by atoms with Gasteiger partial charge in [-0.05, 0) is 30.3 Å². The van der Waals surface area contributed by atoms with E-state index in [4.69, 9.17) is 0 Å². The number of anilines is 2. The molecular formula is C18H11FN3O2-. The third kappa shape index (κ3) is 2.16. The Morgan fingerprint density at radius 1 is 1.04 bits per heavy atom. The maximum atomic E-state index is 13.9. The molecule has 0 spiro atoms. The molecule has 5 nitrogen and oxygen atoms in total. The van der Waals surface area contributed by atoms with Gasteiger partial charge in [-0.25, -0.2) is 9.37 Å². The van der Waals surface area contributed by atoms with Gasteiger partial charge < -0.3 is 19.6 Å². The fourth-order valence-electron chi connectivity index (χ4n) is 2.74. The third-order valence-electron chi connectivity index (χ3n) is 3.84. The topological polar surface area (TPSA) is 69.5 Å². The zero-order valence-corrected chi connectivity index (χ0v) is 12.4. The van der Waals surface area contributed by atoms with Crippen LogP contribution >= 0.6 is 0 Å². The predicted octanol–water partition coefficient (Wildman–Crippen LogP) is 2.73. The molecule has 0 aliphatic rings. The number of hydrogen-bond donors (Lipinski definition) is 1. The third-order valence-corrected chi connectivity index (χ3v) is 3.84. The summed E-state index contributed by atoms with van der Waals surface area (Å²) in [5, 5.41) is 14.3. The molecule has 4 aromatic rings. The van der Waals surface area contributed by atoms with E-state index < -0.39 is 11.8 Å². The number of benzene rings is 2. The summed E-state index contributed by atoms with van der Waals surface area (Å²) in [4.78, 5) is 15.8. The molecule has 0 atom stereocenters. The number of nitrogens with zero attached hydrogens (tertiary/aromatic N) is 2. The van der Waals surface area contributed by atoms with Gasteiger partial charge in [-0.15, -0.1) is 0 Å². The summed E-state index contributed by atoms with van der Waals surface area (Å²) in [6, 6.07) is 14.7.